The van der Waals surface area contributed by atoms with Gasteiger partial charge < -0.3 is 9.42 Å². The fourth-order valence-electron chi connectivity index (χ4n) is 3.70. The van der Waals surface area contributed by atoms with Crippen molar-refractivity contribution < 1.29 is 9.32 Å². The summed E-state index contributed by atoms with van der Waals surface area (Å²) in [7, 11) is 0. The van der Waals surface area contributed by atoms with E-state index in [1.165, 1.54) is 5.56 Å². The molecule has 0 N–H and O–H groups in total. The van der Waals surface area contributed by atoms with Crippen LogP contribution in [0.4, 0.5) is 5.69 Å². The predicted molar refractivity (Wildman–Crippen MR) is 97.9 cm³/mol. The predicted octanol–water partition coefficient (Wildman–Crippen LogP) is 3.58. The highest BCUT2D eigenvalue weighted by Gasteiger charge is 2.36. The van der Waals surface area contributed by atoms with Crippen molar-refractivity contribution in [2.24, 2.45) is 0 Å². The SMILES string of the molecule is Cc1cc(C)c(N2CC(c3nc(-c4cccnc4)no3)CC2=O)c(C)c1. The Kier molecular flexibility index (Phi) is 4.03. The Morgan fingerprint density at radius 2 is 1.96 bits per heavy atom. The molecule has 2 aromatic heterocycles. The van der Waals surface area contributed by atoms with Crippen molar-refractivity contribution in [1.82, 2.24) is 15.1 Å². The zero-order valence-electron chi connectivity index (χ0n) is 15.1. The molecule has 0 radical (unpaired) electrons. The fourth-order valence-corrected chi connectivity index (χ4v) is 3.70. The Bertz CT molecular complexity index is 942. The van der Waals surface area contributed by atoms with Crippen LogP contribution in [0, 0.1) is 20.8 Å². The standard InChI is InChI=1S/C20H20N4O2/c1-12-7-13(2)18(14(3)8-12)24-11-16(9-17(24)25)20-22-19(23-26-20)15-5-4-6-21-10-15/h4-8,10,16H,9,11H2,1-3H3. The van der Waals surface area contributed by atoms with Crippen molar-refractivity contribution >= 4 is 11.6 Å². The van der Waals surface area contributed by atoms with E-state index in [-0.39, 0.29) is 11.8 Å². The second-order valence-electron chi connectivity index (χ2n) is 6.85. The van der Waals surface area contributed by atoms with Crippen LogP contribution < -0.4 is 4.90 Å². The first-order valence-corrected chi connectivity index (χ1v) is 8.65. The minimum Gasteiger partial charge on any atom is -0.339 e. The molecular formula is C20H20N4O2. The summed E-state index contributed by atoms with van der Waals surface area (Å²) in [6.07, 6.45) is 3.77. The maximum Gasteiger partial charge on any atom is 0.232 e. The number of aromatic nitrogens is 3. The fraction of sp³-hybridized carbons (Fsp3) is 0.300. The molecule has 1 aliphatic heterocycles. The quantitative estimate of drug-likeness (QED) is 0.723. The van der Waals surface area contributed by atoms with Crippen LogP contribution in [0.5, 0.6) is 0 Å². The highest BCUT2D eigenvalue weighted by atomic mass is 16.5. The molecule has 1 aromatic carbocycles. The van der Waals surface area contributed by atoms with E-state index in [2.05, 4.69) is 34.2 Å². The molecule has 1 atom stereocenters. The third-order valence-corrected chi connectivity index (χ3v) is 4.74. The van der Waals surface area contributed by atoms with Crippen LogP contribution in [0.25, 0.3) is 11.4 Å². The lowest BCUT2D eigenvalue weighted by Crippen LogP contribution is -2.26. The number of carbonyl (C=O) groups excluding carboxylic acids is 1. The number of benzene rings is 1. The van der Waals surface area contributed by atoms with E-state index in [4.69, 9.17) is 4.52 Å². The van der Waals surface area contributed by atoms with Crippen molar-refractivity contribution in [2.45, 2.75) is 33.1 Å². The van der Waals surface area contributed by atoms with Gasteiger partial charge in [-0.25, -0.2) is 0 Å². The van der Waals surface area contributed by atoms with Gasteiger partial charge in [0.05, 0.1) is 5.92 Å². The summed E-state index contributed by atoms with van der Waals surface area (Å²) in [5, 5.41) is 4.04. The number of nitrogens with zero attached hydrogens (tertiary/aromatic N) is 4. The average molecular weight is 348 g/mol. The van der Waals surface area contributed by atoms with Gasteiger partial charge in [-0.2, -0.15) is 4.98 Å². The number of anilines is 1. The lowest BCUT2D eigenvalue weighted by atomic mass is 10.0. The Labute approximate surface area is 151 Å². The lowest BCUT2D eigenvalue weighted by molar-refractivity contribution is -0.117. The Morgan fingerprint density at radius 3 is 2.65 bits per heavy atom. The molecule has 4 rings (SSSR count). The number of pyridine rings is 1. The molecule has 0 spiro atoms. The van der Waals surface area contributed by atoms with E-state index in [1.54, 1.807) is 12.4 Å². The molecule has 6 nitrogen and oxygen atoms in total. The van der Waals surface area contributed by atoms with Gasteiger partial charge in [-0.1, -0.05) is 22.9 Å². The van der Waals surface area contributed by atoms with Gasteiger partial charge >= 0.3 is 0 Å². The first kappa shape index (κ1) is 16.4. The smallest absolute Gasteiger partial charge is 0.232 e. The normalized spacial score (nSPS) is 17.1. The van der Waals surface area contributed by atoms with E-state index in [0.29, 0.717) is 24.7 Å². The van der Waals surface area contributed by atoms with Crippen LogP contribution in [0.1, 0.15) is 34.9 Å². The first-order valence-electron chi connectivity index (χ1n) is 8.65. The van der Waals surface area contributed by atoms with Gasteiger partial charge in [-0.3, -0.25) is 9.78 Å². The Balaban J connectivity index is 1.60. The molecule has 1 fully saturated rings. The van der Waals surface area contributed by atoms with E-state index < -0.39 is 0 Å². The van der Waals surface area contributed by atoms with Crippen LogP contribution in [0.15, 0.2) is 41.2 Å². The third-order valence-electron chi connectivity index (χ3n) is 4.74. The van der Waals surface area contributed by atoms with Crippen LogP contribution in [0.2, 0.25) is 0 Å². The topological polar surface area (TPSA) is 72.1 Å². The van der Waals surface area contributed by atoms with Crippen LogP contribution in [-0.4, -0.2) is 27.6 Å². The molecule has 6 heteroatoms. The van der Waals surface area contributed by atoms with Crippen LogP contribution in [-0.2, 0) is 4.79 Å². The molecule has 1 unspecified atom stereocenters. The zero-order valence-corrected chi connectivity index (χ0v) is 15.1. The summed E-state index contributed by atoms with van der Waals surface area (Å²) in [5.41, 5.74) is 5.21. The molecule has 3 aromatic rings. The van der Waals surface area contributed by atoms with Gasteiger partial charge in [0.1, 0.15) is 0 Å². The van der Waals surface area contributed by atoms with Crippen molar-refractivity contribution in [1.29, 1.82) is 0 Å². The van der Waals surface area contributed by atoms with Gasteiger partial charge in [-0.15, -0.1) is 0 Å². The van der Waals surface area contributed by atoms with Crippen molar-refractivity contribution in [3.63, 3.8) is 0 Å². The first-order chi connectivity index (χ1) is 12.5. The van der Waals surface area contributed by atoms with Crippen molar-refractivity contribution in [3.8, 4) is 11.4 Å². The number of amides is 1. The van der Waals surface area contributed by atoms with Gasteiger partial charge in [0, 0.05) is 36.6 Å². The van der Waals surface area contributed by atoms with Crippen molar-refractivity contribution in [2.75, 3.05) is 11.4 Å². The molecule has 1 saturated heterocycles. The lowest BCUT2D eigenvalue weighted by Gasteiger charge is -2.21. The van der Waals surface area contributed by atoms with E-state index in [1.807, 2.05) is 30.9 Å². The number of rotatable bonds is 3. The molecular weight excluding hydrogens is 328 g/mol. The summed E-state index contributed by atoms with van der Waals surface area (Å²) in [6.45, 7) is 6.71. The maximum atomic E-state index is 12.7. The van der Waals surface area contributed by atoms with Crippen molar-refractivity contribution in [3.05, 3.63) is 59.2 Å². The number of hydrogen-bond acceptors (Lipinski definition) is 5. The molecule has 26 heavy (non-hydrogen) atoms. The van der Waals surface area contributed by atoms with E-state index >= 15 is 0 Å². The molecule has 132 valence electrons. The molecule has 0 bridgehead atoms. The van der Waals surface area contributed by atoms with Gasteiger partial charge in [-0.05, 0) is 44.0 Å². The Morgan fingerprint density at radius 1 is 1.19 bits per heavy atom. The van der Waals surface area contributed by atoms with Crippen LogP contribution >= 0.6 is 0 Å². The number of aryl methyl sites for hydroxylation is 3. The molecule has 3 heterocycles. The highest BCUT2D eigenvalue weighted by Crippen LogP contribution is 2.35. The molecule has 1 amide bonds. The molecule has 1 aliphatic rings. The van der Waals surface area contributed by atoms with E-state index in [0.717, 1.165) is 22.4 Å². The summed E-state index contributed by atoms with van der Waals surface area (Å²) in [4.78, 5) is 23.1. The third kappa shape index (κ3) is 2.87. The number of hydrogen-bond donors (Lipinski definition) is 0. The number of carbonyl (C=O) groups is 1. The summed E-state index contributed by atoms with van der Waals surface area (Å²) in [6, 6.07) is 7.92. The van der Waals surface area contributed by atoms with Gasteiger partial charge in [0.2, 0.25) is 17.6 Å². The van der Waals surface area contributed by atoms with Gasteiger partial charge in [0.25, 0.3) is 0 Å². The monoisotopic (exact) mass is 348 g/mol. The van der Waals surface area contributed by atoms with E-state index in [9.17, 15) is 4.79 Å². The maximum absolute atomic E-state index is 12.7. The van der Waals surface area contributed by atoms with Crippen LogP contribution in [0.3, 0.4) is 0 Å². The zero-order chi connectivity index (χ0) is 18.3. The second-order valence-corrected chi connectivity index (χ2v) is 6.85. The van der Waals surface area contributed by atoms with Gasteiger partial charge in [0.15, 0.2) is 0 Å². The summed E-state index contributed by atoms with van der Waals surface area (Å²) >= 11 is 0. The Hall–Kier alpha value is -3.02. The summed E-state index contributed by atoms with van der Waals surface area (Å²) < 4.78 is 5.45. The average Bonchev–Trinajstić information content (AvgIpc) is 3.22. The molecule has 0 aliphatic carbocycles. The second kappa shape index (κ2) is 6.37. The minimum absolute atomic E-state index is 0.0891. The summed E-state index contributed by atoms with van der Waals surface area (Å²) in [5.74, 6) is 0.996. The minimum atomic E-state index is -0.0967. The largest absolute Gasteiger partial charge is 0.339 e. The highest BCUT2D eigenvalue weighted by molar-refractivity contribution is 5.97. The molecule has 0 saturated carbocycles.